The van der Waals surface area contributed by atoms with Crippen LogP contribution in [0.1, 0.15) is 5.56 Å². The summed E-state index contributed by atoms with van der Waals surface area (Å²) >= 11 is 0. The number of para-hydroxylation sites is 2. The minimum atomic E-state index is 0.526. The fraction of sp³-hybridized carbons (Fsp3) is 0.258. The molecule has 3 aliphatic rings. The number of methoxy groups -OCH3 is 1. The van der Waals surface area contributed by atoms with Crippen LogP contribution in [0.3, 0.4) is 0 Å². The number of rotatable bonds is 7. The lowest BCUT2D eigenvalue weighted by molar-refractivity contribution is 0.0394. The molecule has 1 aliphatic carbocycles. The number of hydrogen-bond acceptors (Lipinski definition) is 7. The Kier molecular flexibility index (Phi) is 7.21. The van der Waals surface area contributed by atoms with Gasteiger partial charge in [-0.05, 0) is 55.5 Å². The van der Waals surface area contributed by atoms with Crippen LogP contribution in [0, 0.1) is 6.92 Å². The maximum atomic E-state index is 5.51. The Hall–Kier alpha value is -4.27. The van der Waals surface area contributed by atoms with Gasteiger partial charge in [0.15, 0.2) is 0 Å². The van der Waals surface area contributed by atoms with Crippen LogP contribution < -0.4 is 15.4 Å². The highest BCUT2D eigenvalue weighted by atomic mass is 16.5. The maximum Gasteiger partial charge on any atom is 0.237 e. The minimum Gasteiger partial charge on any atom is -0.480 e. The summed E-state index contributed by atoms with van der Waals surface area (Å²) in [5.74, 6) is 0.526. The van der Waals surface area contributed by atoms with Crippen LogP contribution in [-0.4, -0.2) is 65.9 Å². The molecule has 3 heterocycles. The highest BCUT2D eigenvalue weighted by molar-refractivity contribution is 5.84. The van der Waals surface area contributed by atoms with Gasteiger partial charge in [0, 0.05) is 31.5 Å². The molecule has 3 aromatic rings. The number of hydrogen-bond donors (Lipinski definition) is 1. The largest absolute Gasteiger partial charge is 0.480 e. The molecule has 0 bridgehead atoms. The fourth-order valence-electron chi connectivity index (χ4n) is 4.98. The number of morpholine rings is 1. The zero-order valence-electron chi connectivity index (χ0n) is 22.3. The van der Waals surface area contributed by atoms with Gasteiger partial charge in [0.05, 0.1) is 60.3 Å². The van der Waals surface area contributed by atoms with Crippen LogP contribution in [0.5, 0.6) is 5.88 Å². The van der Waals surface area contributed by atoms with E-state index in [9.17, 15) is 0 Å². The number of benzene rings is 3. The van der Waals surface area contributed by atoms with Crippen molar-refractivity contribution in [3.63, 3.8) is 0 Å². The lowest BCUT2D eigenvalue weighted by Gasteiger charge is -2.25. The van der Waals surface area contributed by atoms with Crippen molar-refractivity contribution in [3.8, 4) is 23.0 Å². The summed E-state index contributed by atoms with van der Waals surface area (Å²) in [4.78, 5) is 16.9. The zero-order chi connectivity index (χ0) is 26.6. The highest BCUT2D eigenvalue weighted by Crippen LogP contribution is 2.31. The normalized spacial score (nSPS) is 14.7. The maximum absolute atomic E-state index is 5.51. The molecule has 0 spiro atoms. The number of aryl methyl sites for hydroxylation is 1. The third-order valence-corrected chi connectivity index (χ3v) is 7.03. The summed E-state index contributed by atoms with van der Waals surface area (Å²) in [6.07, 6.45) is 1.72. The molecule has 0 unspecified atom stereocenters. The van der Waals surface area contributed by atoms with Crippen LogP contribution in [0.25, 0.3) is 28.1 Å². The van der Waals surface area contributed by atoms with Crippen LogP contribution in [0.4, 0.5) is 11.4 Å². The Labute approximate surface area is 227 Å². The van der Waals surface area contributed by atoms with Gasteiger partial charge in [0.25, 0.3) is 0 Å². The van der Waals surface area contributed by atoms with Crippen molar-refractivity contribution in [1.82, 2.24) is 19.4 Å². The van der Waals surface area contributed by atoms with Crippen molar-refractivity contribution >= 4 is 22.4 Å². The average molecular weight is 521 g/mol. The number of aromatic nitrogens is 3. The second-order valence-corrected chi connectivity index (χ2v) is 9.65. The van der Waals surface area contributed by atoms with Gasteiger partial charge < -0.3 is 19.4 Å². The molecule has 2 aromatic carbocycles. The standard InChI is InChI=1S/C31H32N6O2/c1-22-9-11-23(12-10-22)37-29-8-4-3-6-24(29)34-28-20-27(35-25-7-5-13-33-31(25)38-2)26(21-30(28)37)32-14-15-36-16-18-39-19-17-36/h3-13,20-21,35H,14-19H2,1-2H3. The van der Waals surface area contributed by atoms with Gasteiger partial charge in [-0.15, -0.1) is 0 Å². The van der Waals surface area contributed by atoms with Gasteiger partial charge >= 0.3 is 0 Å². The van der Waals surface area contributed by atoms with Crippen molar-refractivity contribution in [2.24, 2.45) is 4.99 Å². The molecular weight excluding hydrogens is 488 g/mol. The van der Waals surface area contributed by atoms with Crippen LogP contribution in [0.15, 0.2) is 84.0 Å². The summed E-state index contributed by atoms with van der Waals surface area (Å²) in [5, 5.41) is 4.38. The molecule has 2 aliphatic heterocycles. The molecule has 0 atom stereocenters. The number of fused-ring (bicyclic) bond motifs is 2. The first-order valence-corrected chi connectivity index (χ1v) is 13.3. The monoisotopic (exact) mass is 520 g/mol. The number of nitrogens with zero attached hydrogens (tertiary/aromatic N) is 5. The second kappa shape index (κ2) is 11.2. The summed E-state index contributed by atoms with van der Waals surface area (Å²) in [5.41, 5.74) is 7.76. The van der Waals surface area contributed by atoms with Crippen molar-refractivity contribution in [2.75, 3.05) is 51.8 Å². The van der Waals surface area contributed by atoms with Crippen LogP contribution in [0.2, 0.25) is 0 Å². The number of anilines is 2. The number of pyridine rings is 1. The van der Waals surface area contributed by atoms with Gasteiger partial charge in [-0.3, -0.25) is 9.89 Å². The molecule has 1 fully saturated rings. The van der Waals surface area contributed by atoms with E-state index in [0.717, 1.165) is 77.7 Å². The molecule has 8 nitrogen and oxygen atoms in total. The predicted octanol–water partition coefficient (Wildman–Crippen LogP) is 4.82. The first kappa shape index (κ1) is 25.0. The molecule has 6 rings (SSSR count). The Balaban J connectivity index is 1.53. The summed E-state index contributed by atoms with van der Waals surface area (Å²) in [6.45, 7) is 7.09. The average Bonchev–Trinajstić information content (AvgIpc) is 2.98. The second-order valence-electron chi connectivity index (χ2n) is 9.65. The molecular formula is C31H32N6O2. The SMILES string of the molecule is COc1ncccc1Nc1cc2nc3ccccc3n(-c3ccc(C)cc3)c-2cc1=NCCN1CCOCC1. The molecule has 0 amide bonds. The summed E-state index contributed by atoms with van der Waals surface area (Å²) in [6, 6.07) is 24.9. The number of nitrogens with one attached hydrogen (secondary N) is 1. The zero-order valence-corrected chi connectivity index (χ0v) is 22.3. The quantitative estimate of drug-likeness (QED) is 0.310. The Morgan fingerprint density at radius 2 is 1.79 bits per heavy atom. The van der Waals surface area contributed by atoms with Crippen molar-refractivity contribution in [3.05, 3.63) is 89.9 Å². The smallest absolute Gasteiger partial charge is 0.237 e. The van der Waals surface area contributed by atoms with E-state index in [1.807, 2.05) is 18.2 Å². The van der Waals surface area contributed by atoms with Gasteiger partial charge in [-0.1, -0.05) is 29.8 Å². The molecule has 1 aromatic heterocycles. The van der Waals surface area contributed by atoms with E-state index in [4.69, 9.17) is 19.5 Å². The Morgan fingerprint density at radius 3 is 2.62 bits per heavy atom. The molecule has 39 heavy (non-hydrogen) atoms. The lowest BCUT2D eigenvalue weighted by atomic mass is 10.1. The Morgan fingerprint density at radius 1 is 0.974 bits per heavy atom. The van der Waals surface area contributed by atoms with Gasteiger partial charge in [-0.2, -0.15) is 0 Å². The fourth-order valence-corrected chi connectivity index (χ4v) is 4.98. The van der Waals surface area contributed by atoms with Crippen molar-refractivity contribution < 1.29 is 9.47 Å². The third kappa shape index (κ3) is 5.34. The molecule has 0 saturated carbocycles. The van der Waals surface area contributed by atoms with E-state index in [1.165, 1.54) is 5.56 Å². The highest BCUT2D eigenvalue weighted by Gasteiger charge is 2.17. The van der Waals surface area contributed by atoms with E-state index in [-0.39, 0.29) is 0 Å². The van der Waals surface area contributed by atoms with Crippen molar-refractivity contribution in [1.29, 1.82) is 0 Å². The molecule has 1 saturated heterocycles. The minimum absolute atomic E-state index is 0.526. The molecule has 1 N–H and O–H groups in total. The van der Waals surface area contributed by atoms with Gasteiger partial charge in [0.2, 0.25) is 5.88 Å². The van der Waals surface area contributed by atoms with Crippen molar-refractivity contribution in [2.45, 2.75) is 6.92 Å². The van der Waals surface area contributed by atoms with E-state index < -0.39 is 0 Å². The molecule has 8 heteroatoms. The van der Waals surface area contributed by atoms with Crippen LogP contribution in [-0.2, 0) is 4.74 Å². The summed E-state index contributed by atoms with van der Waals surface area (Å²) < 4.78 is 13.3. The van der Waals surface area contributed by atoms with Gasteiger partial charge in [0.1, 0.15) is 5.69 Å². The van der Waals surface area contributed by atoms with E-state index >= 15 is 0 Å². The molecule has 198 valence electrons. The summed E-state index contributed by atoms with van der Waals surface area (Å²) in [7, 11) is 1.62. The first-order valence-electron chi connectivity index (χ1n) is 13.3. The first-order chi connectivity index (χ1) is 19.2. The topological polar surface area (TPSA) is 76.8 Å². The van der Waals surface area contributed by atoms with Crippen LogP contribution >= 0.6 is 0 Å². The van der Waals surface area contributed by atoms with E-state index in [1.54, 1.807) is 13.3 Å². The Bertz CT molecular complexity index is 1620. The van der Waals surface area contributed by atoms with E-state index in [0.29, 0.717) is 12.4 Å². The van der Waals surface area contributed by atoms with E-state index in [2.05, 4.69) is 81.3 Å². The third-order valence-electron chi connectivity index (χ3n) is 7.03. The predicted molar refractivity (Wildman–Crippen MR) is 154 cm³/mol. The number of ether oxygens (including phenoxy) is 2. The van der Waals surface area contributed by atoms with Gasteiger partial charge in [-0.25, -0.2) is 9.97 Å². The molecule has 0 radical (unpaired) electrons. The lowest BCUT2D eigenvalue weighted by Crippen LogP contribution is -2.38.